The molecule has 0 fully saturated rings. The third-order valence-electron chi connectivity index (χ3n) is 3.51. The van der Waals surface area contributed by atoms with Gasteiger partial charge in [0.25, 0.3) is 5.56 Å². The van der Waals surface area contributed by atoms with Gasteiger partial charge in [-0.25, -0.2) is 0 Å². The van der Waals surface area contributed by atoms with Crippen molar-refractivity contribution in [3.8, 4) is 11.4 Å². The highest BCUT2D eigenvalue weighted by Gasteiger charge is 2.09. The van der Waals surface area contributed by atoms with Crippen molar-refractivity contribution in [2.75, 3.05) is 12.0 Å². The lowest BCUT2D eigenvalue weighted by molar-refractivity contribution is 0.340. The Bertz CT molecular complexity index is 954. The van der Waals surface area contributed by atoms with Gasteiger partial charge in [-0.2, -0.15) is 14.9 Å². The zero-order chi connectivity index (χ0) is 18.4. The zero-order valence-corrected chi connectivity index (χ0v) is 14.8. The first-order valence-corrected chi connectivity index (χ1v) is 8.42. The number of hydrazone groups is 1. The van der Waals surface area contributed by atoms with E-state index >= 15 is 0 Å². The minimum Gasteiger partial charge on any atom is -0.494 e. The number of nitrogens with one attached hydrogen (secondary N) is 1. The highest BCUT2D eigenvalue weighted by molar-refractivity contribution is 6.32. The van der Waals surface area contributed by atoms with E-state index in [0.29, 0.717) is 18.0 Å². The Hall–Kier alpha value is -3.12. The van der Waals surface area contributed by atoms with Crippen molar-refractivity contribution in [2.45, 2.75) is 6.92 Å². The summed E-state index contributed by atoms with van der Waals surface area (Å²) in [5.74, 6) is 0.800. The predicted molar refractivity (Wildman–Crippen MR) is 104 cm³/mol. The summed E-state index contributed by atoms with van der Waals surface area (Å²) in [7, 11) is 0. The number of para-hydroxylation sites is 1. The molecule has 6 nitrogen and oxygen atoms in total. The van der Waals surface area contributed by atoms with Gasteiger partial charge in [0.15, 0.2) is 0 Å². The standard InChI is InChI=1S/C19H17ClN4O2/c1-2-26-16-10-8-14(9-11-16)12-21-23-17-13-22-24(19(25)18(17)20)15-6-4-3-5-7-15/h3-13,23H,2H2,1H3/b21-12+. The van der Waals surface area contributed by atoms with Crippen molar-refractivity contribution in [1.29, 1.82) is 0 Å². The largest absolute Gasteiger partial charge is 0.494 e. The zero-order valence-electron chi connectivity index (χ0n) is 14.1. The average Bonchev–Trinajstić information content (AvgIpc) is 2.67. The van der Waals surface area contributed by atoms with Gasteiger partial charge in [0.2, 0.25) is 0 Å². The molecule has 1 heterocycles. The molecule has 3 aromatic rings. The molecule has 0 aliphatic heterocycles. The number of hydrogen-bond acceptors (Lipinski definition) is 5. The van der Waals surface area contributed by atoms with Crippen molar-refractivity contribution in [2.24, 2.45) is 5.10 Å². The second-order valence-electron chi connectivity index (χ2n) is 5.30. The highest BCUT2D eigenvalue weighted by atomic mass is 35.5. The van der Waals surface area contributed by atoms with E-state index < -0.39 is 5.56 Å². The van der Waals surface area contributed by atoms with Crippen LogP contribution in [-0.2, 0) is 0 Å². The number of hydrogen-bond donors (Lipinski definition) is 1. The van der Waals surface area contributed by atoms with Crippen LogP contribution in [0.1, 0.15) is 12.5 Å². The van der Waals surface area contributed by atoms with Gasteiger partial charge in [0.1, 0.15) is 16.5 Å². The molecule has 0 bridgehead atoms. The van der Waals surface area contributed by atoms with Crippen LogP contribution in [0, 0.1) is 0 Å². The summed E-state index contributed by atoms with van der Waals surface area (Å²) in [5.41, 5.74) is 4.19. The molecular formula is C19H17ClN4O2. The lowest BCUT2D eigenvalue weighted by Crippen LogP contribution is -2.22. The van der Waals surface area contributed by atoms with E-state index in [1.54, 1.807) is 18.3 Å². The minimum absolute atomic E-state index is 0.0210. The number of halogens is 1. The molecule has 0 saturated carbocycles. The van der Waals surface area contributed by atoms with E-state index in [1.807, 2.05) is 49.4 Å². The summed E-state index contributed by atoms with van der Waals surface area (Å²) >= 11 is 6.16. The van der Waals surface area contributed by atoms with Crippen molar-refractivity contribution in [1.82, 2.24) is 9.78 Å². The number of aromatic nitrogens is 2. The van der Waals surface area contributed by atoms with Crippen molar-refractivity contribution < 1.29 is 4.74 Å². The molecule has 0 atom stereocenters. The molecule has 3 rings (SSSR count). The highest BCUT2D eigenvalue weighted by Crippen LogP contribution is 2.17. The summed E-state index contributed by atoms with van der Waals surface area (Å²) < 4.78 is 6.63. The molecule has 0 amide bonds. The Morgan fingerprint density at radius 3 is 2.62 bits per heavy atom. The second-order valence-corrected chi connectivity index (χ2v) is 5.67. The molecular weight excluding hydrogens is 352 g/mol. The van der Waals surface area contributed by atoms with E-state index in [0.717, 1.165) is 11.3 Å². The van der Waals surface area contributed by atoms with Crippen LogP contribution in [0.25, 0.3) is 5.69 Å². The monoisotopic (exact) mass is 368 g/mol. The SMILES string of the molecule is CCOc1ccc(/C=N/Nc2cnn(-c3ccccc3)c(=O)c2Cl)cc1. The van der Waals surface area contributed by atoms with Crippen molar-refractivity contribution >= 4 is 23.5 Å². The maximum Gasteiger partial charge on any atom is 0.292 e. The van der Waals surface area contributed by atoms with E-state index in [1.165, 1.54) is 10.9 Å². The molecule has 0 aliphatic carbocycles. The lowest BCUT2D eigenvalue weighted by atomic mass is 10.2. The molecule has 0 radical (unpaired) electrons. The predicted octanol–water partition coefficient (Wildman–Crippen LogP) is 3.73. The van der Waals surface area contributed by atoms with Gasteiger partial charge in [-0.15, -0.1) is 0 Å². The number of benzene rings is 2. The lowest BCUT2D eigenvalue weighted by Gasteiger charge is -2.07. The minimum atomic E-state index is -0.417. The Morgan fingerprint density at radius 2 is 1.92 bits per heavy atom. The Balaban J connectivity index is 1.74. The molecule has 26 heavy (non-hydrogen) atoms. The molecule has 7 heteroatoms. The van der Waals surface area contributed by atoms with E-state index in [2.05, 4.69) is 15.6 Å². The average molecular weight is 369 g/mol. The van der Waals surface area contributed by atoms with Crippen LogP contribution in [0.3, 0.4) is 0 Å². The van der Waals surface area contributed by atoms with Gasteiger partial charge in [-0.1, -0.05) is 29.8 Å². The van der Waals surface area contributed by atoms with Gasteiger partial charge in [-0.3, -0.25) is 10.2 Å². The summed E-state index contributed by atoms with van der Waals surface area (Å²) in [5, 5.41) is 8.26. The fourth-order valence-electron chi connectivity index (χ4n) is 2.26. The maximum atomic E-state index is 12.4. The van der Waals surface area contributed by atoms with Crippen LogP contribution in [0.5, 0.6) is 5.75 Å². The Labute approximate surface area is 155 Å². The van der Waals surface area contributed by atoms with Crippen LogP contribution >= 0.6 is 11.6 Å². The summed E-state index contributed by atoms with van der Waals surface area (Å²) in [6, 6.07) is 16.6. The van der Waals surface area contributed by atoms with E-state index in [-0.39, 0.29) is 5.02 Å². The third-order valence-corrected chi connectivity index (χ3v) is 3.87. The van der Waals surface area contributed by atoms with Gasteiger partial charge in [-0.05, 0) is 48.9 Å². The molecule has 1 aromatic heterocycles. The summed E-state index contributed by atoms with van der Waals surface area (Å²) in [4.78, 5) is 12.4. The quantitative estimate of drug-likeness (QED) is 0.531. The number of ether oxygens (including phenoxy) is 1. The molecule has 1 N–H and O–H groups in total. The van der Waals surface area contributed by atoms with Crippen LogP contribution in [-0.4, -0.2) is 22.6 Å². The van der Waals surface area contributed by atoms with Crippen molar-refractivity contribution in [3.05, 3.63) is 81.7 Å². The van der Waals surface area contributed by atoms with E-state index in [4.69, 9.17) is 16.3 Å². The first-order valence-electron chi connectivity index (χ1n) is 8.04. The fraction of sp³-hybridized carbons (Fsp3) is 0.105. The van der Waals surface area contributed by atoms with E-state index in [9.17, 15) is 4.79 Å². The van der Waals surface area contributed by atoms with Gasteiger partial charge in [0, 0.05) is 0 Å². The number of rotatable bonds is 6. The van der Waals surface area contributed by atoms with Crippen LogP contribution in [0.4, 0.5) is 5.69 Å². The van der Waals surface area contributed by atoms with Gasteiger partial charge < -0.3 is 4.74 Å². The van der Waals surface area contributed by atoms with Crippen LogP contribution < -0.4 is 15.7 Å². The van der Waals surface area contributed by atoms with Crippen LogP contribution in [0.15, 0.2) is 70.7 Å². The topological polar surface area (TPSA) is 68.5 Å². The molecule has 0 saturated heterocycles. The normalized spacial score (nSPS) is 10.8. The number of anilines is 1. The fourth-order valence-corrected chi connectivity index (χ4v) is 2.43. The van der Waals surface area contributed by atoms with Gasteiger partial charge >= 0.3 is 0 Å². The summed E-state index contributed by atoms with van der Waals surface area (Å²) in [6.45, 7) is 2.55. The summed E-state index contributed by atoms with van der Waals surface area (Å²) in [6.07, 6.45) is 3.08. The molecule has 0 spiro atoms. The number of nitrogens with zero attached hydrogens (tertiary/aromatic N) is 3. The second kappa shape index (κ2) is 8.31. The Morgan fingerprint density at radius 1 is 1.19 bits per heavy atom. The maximum absolute atomic E-state index is 12.4. The molecule has 132 valence electrons. The third kappa shape index (κ3) is 4.10. The van der Waals surface area contributed by atoms with Gasteiger partial charge in [0.05, 0.1) is 24.7 Å². The smallest absolute Gasteiger partial charge is 0.292 e. The molecule has 0 aliphatic rings. The molecule has 0 unspecified atom stereocenters. The Kier molecular flexibility index (Phi) is 5.66. The molecule has 2 aromatic carbocycles. The first kappa shape index (κ1) is 17.7. The van der Waals surface area contributed by atoms with Crippen LogP contribution in [0.2, 0.25) is 5.02 Å². The van der Waals surface area contributed by atoms with Crippen molar-refractivity contribution in [3.63, 3.8) is 0 Å². The first-order chi connectivity index (χ1) is 12.7.